The van der Waals surface area contributed by atoms with Crippen molar-refractivity contribution in [3.63, 3.8) is 0 Å². The van der Waals surface area contributed by atoms with Crippen LogP contribution in [0.5, 0.6) is 5.75 Å². The molecule has 0 saturated carbocycles. The van der Waals surface area contributed by atoms with E-state index >= 15 is 0 Å². The van der Waals surface area contributed by atoms with Crippen molar-refractivity contribution >= 4 is 39.0 Å². The van der Waals surface area contributed by atoms with Crippen LogP contribution in [0.25, 0.3) is 0 Å². The Morgan fingerprint density at radius 1 is 0.966 bits per heavy atom. The number of carbonyl (C=O) groups is 1. The van der Waals surface area contributed by atoms with Crippen molar-refractivity contribution in [1.29, 1.82) is 0 Å². The summed E-state index contributed by atoms with van der Waals surface area (Å²) in [5.74, 6) is 0.446. The highest BCUT2D eigenvalue weighted by Crippen LogP contribution is 2.39. The number of para-hydroxylation sites is 1. The van der Waals surface area contributed by atoms with E-state index in [2.05, 4.69) is 0 Å². The summed E-state index contributed by atoms with van der Waals surface area (Å²) in [4.78, 5) is 14.9. The summed E-state index contributed by atoms with van der Waals surface area (Å²) in [6, 6.07) is 19.3. The molecule has 0 bridgehead atoms. The molecule has 2 amide bonds. The summed E-state index contributed by atoms with van der Waals surface area (Å²) in [5.41, 5.74) is 1.23. The Kier molecular flexibility index (Phi) is 4.94. The molecule has 148 valence electrons. The quantitative estimate of drug-likeness (QED) is 0.605. The molecule has 0 saturated heterocycles. The molecule has 0 N–H and O–H groups in total. The van der Waals surface area contributed by atoms with Gasteiger partial charge < -0.3 is 4.74 Å². The fraction of sp³-hybridized carbons (Fsp3) is 0.0952. The zero-order valence-electron chi connectivity index (χ0n) is 15.4. The molecule has 1 aliphatic rings. The van der Waals surface area contributed by atoms with Crippen molar-refractivity contribution in [2.45, 2.75) is 11.4 Å². The number of hydrogen-bond acceptors (Lipinski definition) is 4. The number of sulfonamides is 1. The summed E-state index contributed by atoms with van der Waals surface area (Å²) in [6.45, 7) is 0.130. The number of carbonyl (C=O) groups excluding carboxylic acids is 1. The Hall–Kier alpha value is -3.03. The van der Waals surface area contributed by atoms with E-state index < -0.39 is 16.1 Å². The van der Waals surface area contributed by atoms with Crippen molar-refractivity contribution in [2.24, 2.45) is 0 Å². The third kappa shape index (κ3) is 3.32. The Bertz CT molecular complexity index is 1200. The highest BCUT2D eigenvalue weighted by molar-refractivity contribution is 7.94. The third-order valence-corrected chi connectivity index (χ3v) is 6.77. The number of halogens is 1. The molecule has 29 heavy (non-hydrogen) atoms. The molecule has 0 spiro atoms. The summed E-state index contributed by atoms with van der Waals surface area (Å²) < 4.78 is 32.6. The lowest BCUT2D eigenvalue weighted by Crippen LogP contribution is -2.50. The average Bonchev–Trinajstić information content (AvgIpc) is 2.72. The van der Waals surface area contributed by atoms with Gasteiger partial charge in [-0.05, 0) is 35.9 Å². The van der Waals surface area contributed by atoms with Crippen LogP contribution in [0, 0.1) is 0 Å². The number of rotatable bonds is 4. The van der Waals surface area contributed by atoms with Gasteiger partial charge in [0.1, 0.15) is 10.6 Å². The first-order chi connectivity index (χ1) is 13.9. The fourth-order valence-corrected chi connectivity index (χ4v) is 5.03. The molecule has 0 atom stereocenters. The Labute approximate surface area is 173 Å². The lowest BCUT2D eigenvalue weighted by Gasteiger charge is -2.36. The fourth-order valence-electron chi connectivity index (χ4n) is 3.25. The predicted molar refractivity (Wildman–Crippen MR) is 112 cm³/mol. The molecule has 0 unspecified atom stereocenters. The van der Waals surface area contributed by atoms with Crippen LogP contribution in [0.2, 0.25) is 5.02 Å². The highest BCUT2D eigenvalue weighted by Gasteiger charge is 2.42. The lowest BCUT2D eigenvalue weighted by molar-refractivity contribution is 0.253. The summed E-state index contributed by atoms with van der Waals surface area (Å²) in [7, 11) is -2.61. The van der Waals surface area contributed by atoms with Crippen LogP contribution in [0.1, 0.15) is 5.56 Å². The molecule has 8 heteroatoms. The monoisotopic (exact) mass is 428 g/mol. The molecular weight excluding hydrogens is 412 g/mol. The van der Waals surface area contributed by atoms with Crippen molar-refractivity contribution in [3.05, 3.63) is 83.4 Å². The molecule has 0 fully saturated rings. The van der Waals surface area contributed by atoms with Crippen molar-refractivity contribution in [1.82, 2.24) is 0 Å². The smallest absolute Gasteiger partial charge is 0.343 e. The van der Waals surface area contributed by atoms with Crippen LogP contribution in [-0.4, -0.2) is 21.6 Å². The molecule has 6 nitrogen and oxygen atoms in total. The van der Waals surface area contributed by atoms with E-state index in [4.69, 9.17) is 16.3 Å². The normalized spacial score (nSPS) is 15.2. The van der Waals surface area contributed by atoms with Gasteiger partial charge >= 0.3 is 6.03 Å². The van der Waals surface area contributed by atoms with Crippen LogP contribution in [0.4, 0.5) is 16.2 Å². The van der Waals surface area contributed by atoms with Crippen LogP contribution in [0.15, 0.2) is 77.7 Å². The van der Waals surface area contributed by atoms with E-state index in [0.29, 0.717) is 22.0 Å². The van der Waals surface area contributed by atoms with Gasteiger partial charge in [0.25, 0.3) is 10.0 Å². The molecule has 0 aliphatic carbocycles. The predicted octanol–water partition coefficient (Wildman–Crippen LogP) is 4.68. The van der Waals surface area contributed by atoms with E-state index in [-0.39, 0.29) is 17.1 Å². The number of amides is 2. The molecule has 0 radical (unpaired) electrons. The van der Waals surface area contributed by atoms with Gasteiger partial charge in [-0.25, -0.2) is 13.2 Å². The average molecular weight is 429 g/mol. The third-order valence-electron chi connectivity index (χ3n) is 4.65. The van der Waals surface area contributed by atoms with E-state index in [9.17, 15) is 13.2 Å². The highest BCUT2D eigenvalue weighted by atomic mass is 35.5. The van der Waals surface area contributed by atoms with Gasteiger partial charge in [0.2, 0.25) is 0 Å². The van der Waals surface area contributed by atoms with E-state index in [1.807, 2.05) is 6.07 Å². The first-order valence-electron chi connectivity index (χ1n) is 8.77. The molecule has 0 aromatic heterocycles. The Balaban J connectivity index is 1.88. The van der Waals surface area contributed by atoms with Crippen LogP contribution >= 0.6 is 11.6 Å². The maximum Gasteiger partial charge on any atom is 0.343 e. The largest absolute Gasteiger partial charge is 0.497 e. The van der Waals surface area contributed by atoms with Crippen LogP contribution in [-0.2, 0) is 16.6 Å². The van der Waals surface area contributed by atoms with Gasteiger partial charge in [0.05, 0.1) is 25.0 Å². The minimum Gasteiger partial charge on any atom is -0.497 e. The molecule has 3 aromatic carbocycles. The van der Waals surface area contributed by atoms with Gasteiger partial charge in [0.15, 0.2) is 0 Å². The topological polar surface area (TPSA) is 66.9 Å². The van der Waals surface area contributed by atoms with E-state index in [1.54, 1.807) is 54.6 Å². The number of anilines is 2. The number of methoxy groups -OCH3 is 1. The second-order valence-electron chi connectivity index (χ2n) is 6.40. The lowest BCUT2D eigenvalue weighted by atomic mass is 10.2. The molecule has 1 aliphatic heterocycles. The SMILES string of the molecule is COc1cccc(N2C(=O)N(Cc3ccccc3Cl)c3ccccc3S2(=O)=O)c1. The maximum absolute atomic E-state index is 13.4. The number of nitrogens with zero attached hydrogens (tertiary/aromatic N) is 2. The maximum atomic E-state index is 13.4. The van der Waals surface area contributed by atoms with Crippen molar-refractivity contribution in [2.75, 3.05) is 16.3 Å². The van der Waals surface area contributed by atoms with Gasteiger partial charge in [0, 0.05) is 11.1 Å². The van der Waals surface area contributed by atoms with Gasteiger partial charge in [-0.15, -0.1) is 0 Å². The molecule has 1 heterocycles. The van der Waals surface area contributed by atoms with Crippen molar-refractivity contribution < 1.29 is 17.9 Å². The summed E-state index contributed by atoms with van der Waals surface area (Å²) in [6.07, 6.45) is 0. The minimum atomic E-state index is -4.09. The van der Waals surface area contributed by atoms with Crippen molar-refractivity contribution in [3.8, 4) is 5.75 Å². The first-order valence-corrected chi connectivity index (χ1v) is 10.6. The zero-order chi connectivity index (χ0) is 20.6. The Morgan fingerprint density at radius 3 is 2.45 bits per heavy atom. The van der Waals surface area contributed by atoms with E-state index in [0.717, 1.165) is 4.31 Å². The Morgan fingerprint density at radius 2 is 1.69 bits per heavy atom. The summed E-state index contributed by atoms with van der Waals surface area (Å²) in [5, 5.41) is 0.499. The van der Waals surface area contributed by atoms with Crippen LogP contribution in [0.3, 0.4) is 0 Å². The van der Waals surface area contributed by atoms with Gasteiger partial charge in [-0.3, -0.25) is 4.90 Å². The molecule has 4 rings (SSSR count). The number of hydrogen-bond donors (Lipinski definition) is 0. The molecular formula is C21H17ClN2O4S. The second-order valence-corrected chi connectivity index (χ2v) is 8.56. The number of urea groups is 1. The standard InChI is InChI=1S/C21H17ClN2O4S/c1-28-17-9-6-8-16(13-17)24-21(25)23(14-15-7-2-3-10-18(15)22)19-11-4-5-12-20(19)29(24,26)27/h2-13H,14H2,1H3. The number of ether oxygens (including phenoxy) is 1. The first kappa shape index (κ1) is 19.3. The number of benzene rings is 3. The van der Waals surface area contributed by atoms with Gasteiger partial charge in [-0.2, -0.15) is 4.31 Å². The zero-order valence-corrected chi connectivity index (χ0v) is 17.0. The van der Waals surface area contributed by atoms with Gasteiger partial charge in [-0.1, -0.05) is 48.0 Å². The minimum absolute atomic E-state index is 0.0504. The number of fused-ring (bicyclic) bond motifs is 1. The van der Waals surface area contributed by atoms with E-state index in [1.165, 1.54) is 24.1 Å². The van der Waals surface area contributed by atoms with Crippen LogP contribution < -0.4 is 13.9 Å². The molecule has 3 aromatic rings. The summed E-state index contributed by atoms with van der Waals surface area (Å²) >= 11 is 6.28. The second kappa shape index (κ2) is 7.42.